The number of carboxylic acid groups (broad SMARTS) is 1. The molecule has 0 aromatic heterocycles. The molecule has 0 saturated heterocycles. The molecule has 2 atom stereocenters. The van der Waals surface area contributed by atoms with Gasteiger partial charge in [-0.15, -0.1) is 0 Å². The first-order valence-corrected chi connectivity index (χ1v) is 8.05. The topological polar surface area (TPSA) is 75.6 Å². The summed E-state index contributed by atoms with van der Waals surface area (Å²) in [6.07, 6.45) is 2.14. The third kappa shape index (κ3) is 5.58. The number of alkyl carbamates (subject to hydrolysis) is 1. The summed E-state index contributed by atoms with van der Waals surface area (Å²) in [7, 11) is 0. The quantitative estimate of drug-likeness (QED) is 0.869. The number of carboxylic acids is 1. The maximum Gasteiger partial charge on any atom is 0.407 e. The lowest BCUT2D eigenvalue weighted by atomic mass is 9.69. The van der Waals surface area contributed by atoms with E-state index in [4.69, 9.17) is 9.84 Å². The number of hydrogen-bond donors (Lipinski definition) is 2. The maximum absolute atomic E-state index is 12.0. The highest BCUT2D eigenvalue weighted by Crippen LogP contribution is 2.40. The predicted octanol–water partition coefficient (Wildman–Crippen LogP) is 3.58. The van der Waals surface area contributed by atoms with Gasteiger partial charge in [-0.2, -0.15) is 0 Å². The number of amides is 1. The number of aliphatic carboxylic acids is 1. The maximum atomic E-state index is 12.0. The number of nitrogens with one attached hydrogen (secondary N) is 1. The number of benzene rings is 1. The van der Waals surface area contributed by atoms with E-state index in [1.54, 1.807) is 0 Å². The van der Waals surface area contributed by atoms with E-state index in [9.17, 15) is 9.59 Å². The van der Waals surface area contributed by atoms with Crippen LogP contribution in [-0.4, -0.2) is 23.2 Å². The summed E-state index contributed by atoms with van der Waals surface area (Å²) in [5.74, 6) is -0.877. The van der Waals surface area contributed by atoms with Gasteiger partial charge in [0.25, 0.3) is 0 Å². The van der Waals surface area contributed by atoms with Crippen LogP contribution >= 0.6 is 0 Å². The van der Waals surface area contributed by atoms with Crippen molar-refractivity contribution >= 4 is 12.1 Å². The summed E-state index contributed by atoms with van der Waals surface area (Å²) in [6, 6.07) is 9.34. The van der Waals surface area contributed by atoms with Crippen molar-refractivity contribution in [1.29, 1.82) is 0 Å². The number of carbonyl (C=O) groups excluding carboxylic acids is 1. The molecule has 2 N–H and O–H groups in total. The molecule has 0 radical (unpaired) electrons. The van der Waals surface area contributed by atoms with Gasteiger partial charge in [-0.25, -0.2) is 4.79 Å². The Morgan fingerprint density at radius 3 is 2.65 bits per heavy atom. The lowest BCUT2D eigenvalue weighted by molar-refractivity contribution is -0.139. The van der Waals surface area contributed by atoms with Gasteiger partial charge in [0.05, 0.1) is 6.42 Å². The molecule has 126 valence electrons. The summed E-state index contributed by atoms with van der Waals surface area (Å²) in [4.78, 5) is 23.1. The van der Waals surface area contributed by atoms with E-state index in [1.807, 2.05) is 30.3 Å². The van der Waals surface area contributed by atoms with Crippen LogP contribution in [0.25, 0.3) is 0 Å². The van der Waals surface area contributed by atoms with Crippen molar-refractivity contribution in [2.75, 3.05) is 0 Å². The Kier molecular flexibility index (Phi) is 5.64. The van der Waals surface area contributed by atoms with E-state index in [0.717, 1.165) is 24.8 Å². The van der Waals surface area contributed by atoms with Crippen molar-refractivity contribution in [3.8, 4) is 0 Å². The fourth-order valence-corrected chi connectivity index (χ4v) is 3.28. The molecule has 1 fully saturated rings. The largest absolute Gasteiger partial charge is 0.481 e. The molecule has 2 rings (SSSR count). The van der Waals surface area contributed by atoms with Gasteiger partial charge in [-0.05, 0) is 36.2 Å². The second kappa shape index (κ2) is 7.49. The fourth-order valence-electron chi connectivity index (χ4n) is 3.28. The van der Waals surface area contributed by atoms with Crippen LogP contribution in [0.1, 0.15) is 45.1 Å². The molecule has 1 aliphatic carbocycles. The Morgan fingerprint density at radius 1 is 1.30 bits per heavy atom. The molecule has 0 heterocycles. The van der Waals surface area contributed by atoms with Gasteiger partial charge in [0.1, 0.15) is 6.61 Å². The molecule has 0 bridgehead atoms. The van der Waals surface area contributed by atoms with Gasteiger partial charge in [0, 0.05) is 6.04 Å². The molecule has 2 unspecified atom stereocenters. The average molecular weight is 319 g/mol. The lowest BCUT2D eigenvalue weighted by Gasteiger charge is -2.40. The zero-order valence-corrected chi connectivity index (χ0v) is 13.7. The van der Waals surface area contributed by atoms with Gasteiger partial charge in [-0.3, -0.25) is 4.79 Å². The van der Waals surface area contributed by atoms with Crippen LogP contribution in [0.3, 0.4) is 0 Å². The van der Waals surface area contributed by atoms with Crippen molar-refractivity contribution < 1.29 is 19.4 Å². The van der Waals surface area contributed by atoms with E-state index in [2.05, 4.69) is 19.2 Å². The molecule has 1 amide bonds. The normalized spacial score (nSPS) is 23.0. The summed E-state index contributed by atoms with van der Waals surface area (Å²) in [5, 5.41) is 12.0. The first kappa shape index (κ1) is 17.3. The highest BCUT2D eigenvalue weighted by Gasteiger charge is 2.36. The first-order chi connectivity index (χ1) is 10.9. The minimum Gasteiger partial charge on any atom is -0.481 e. The van der Waals surface area contributed by atoms with E-state index >= 15 is 0 Å². The fraction of sp³-hybridized carbons (Fsp3) is 0.556. The van der Waals surface area contributed by atoms with Gasteiger partial charge < -0.3 is 15.2 Å². The number of rotatable bonds is 5. The SMILES string of the molecule is CC1(C)CCC(NC(=O)OCc2ccccc2)C(CC(=O)O)C1. The molecule has 23 heavy (non-hydrogen) atoms. The standard InChI is InChI=1S/C18H25NO4/c1-18(2)9-8-15(14(11-18)10-16(20)21)19-17(22)23-12-13-6-4-3-5-7-13/h3-7,14-15H,8-12H2,1-2H3,(H,19,22)(H,20,21). The van der Waals surface area contributed by atoms with Crippen LogP contribution in [0.4, 0.5) is 4.79 Å². The van der Waals surface area contributed by atoms with E-state index in [1.165, 1.54) is 0 Å². The second-order valence-electron chi connectivity index (χ2n) is 7.08. The van der Waals surface area contributed by atoms with Crippen LogP contribution < -0.4 is 5.32 Å². The third-order valence-corrected chi connectivity index (χ3v) is 4.47. The zero-order valence-electron chi connectivity index (χ0n) is 13.7. The molecule has 1 aromatic rings. The smallest absolute Gasteiger partial charge is 0.407 e. The van der Waals surface area contributed by atoms with Crippen LogP contribution in [0, 0.1) is 11.3 Å². The molecule has 1 saturated carbocycles. The summed E-state index contributed by atoms with van der Waals surface area (Å²) < 4.78 is 5.24. The highest BCUT2D eigenvalue weighted by atomic mass is 16.5. The molecule has 0 spiro atoms. The van der Waals surface area contributed by atoms with Crippen molar-refractivity contribution in [3.63, 3.8) is 0 Å². The Bertz CT molecular complexity index is 541. The van der Waals surface area contributed by atoms with Gasteiger partial charge >= 0.3 is 12.1 Å². The summed E-state index contributed by atoms with van der Waals surface area (Å²) >= 11 is 0. The zero-order chi connectivity index (χ0) is 16.9. The van der Waals surface area contributed by atoms with Crippen molar-refractivity contribution in [1.82, 2.24) is 5.32 Å². The predicted molar refractivity (Wildman–Crippen MR) is 86.9 cm³/mol. The first-order valence-electron chi connectivity index (χ1n) is 8.05. The van der Waals surface area contributed by atoms with Crippen molar-refractivity contribution in [3.05, 3.63) is 35.9 Å². The van der Waals surface area contributed by atoms with E-state index < -0.39 is 12.1 Å². The molecule has 5 nitrogen and oxygen atoms in total. The van der Waals surface area contributed by atoms with Crippen LogP contribution in [0.5, 0.6) is 0 Å². The van der Waals surface area contributed by atoms with Gasteiger partial charge in [-0.1, -0.05) is 44.2 Å². The summed E-state index contributed by atoms with van der Waals surface area (Å²) in [6.45, 7) is 4.51. The van der Waals surface area contributed by atoms with E-state index in [-0.39, 0.29) is 30.4 Å². The lowest BCUT2D eigenvalue weighted by Crippen LogP contribution is -2.46. The minimum atomic E-state index is -0.822. The Balaban J connectivity index is 1.88. The molecule has 0 aliphatic heterocycles. The third-order valence-electron chi connectivity index (χ3n) is 4.47. The van der Waals surface area contributed by atoms with Gasteiger partial charge in [0.2, 0.25) is 0 Å². The van der Waals surface area contributed by atoms with Crippen molar-refractivity contribution in [2.45, 2.75) is 52.2 Å². The Labute approximate surface area is 137 Å². The van der Waals surface area contributed by atoms with E-state index in [0.29, 0.717) is 0 Å². The summed E-state index contributed by atoms with van der Waals surface area (Å²) in [5.41, 5.74) is 1.04. The van der Waals surface area contributed by atoms with Crippen LogP contribution in [0.15, 0.2) is 30.3 Å². The number of hydrogen-bond acceptors (Lipinski definition) is 3. The average Bonchev–Trinajstić information content (AvgIpc) is 2.48. The number of ether oxygens (including phenoxy) is 1. The highest BCUT2D eigenvalue weighted by molar-refractivity contribution is 5.69. The minimum absolute atomic E-state index is 0.0551. The van der Waals surface area contributed by atoms with Crippen LogP contribution in [0.2, 0.25) is 0 Å². The number of carbonyl (C=O) groups is 2. The second-order valence-corrected chi connectivity index (χ2v) is 7.08. The van der Waals surface area contributed by atoms with Gasteiger partial charge in [0.15, 0.2) is 0 Å². The molecule has 1 aliphatic rings. The Morgan fingerprint density at radius 2 is 2.00 bits per heavy atom. The van der Waals surface area contributed by atoms with Crippen molar-refractivity contribution in [2.24, 2.45) is 11.3 Å². The molecular formula is C18H25NO4. The monoisotopic (exact) mass is 319 g/mol. The molecule has 1 aromatic carbocycles. The molecular weight excluding hydrogens is 294 g/mol. The Hall–Kier alpha value is -2.04. The molecule has 5 heteroatoms. The van der Waals surface area contributed by atoms with Crippen LogP contribution in [-0.2, 0) is 16.1 Å².